The molecule has 1 unspecified atom stereocenters. The maximum absolute atomic E-state index is 12.5. The van der Waals surface area contributed by atoms with Crippen LogP contribution in [0.15, 0.2) is 18.2 Å². The fourth-order valence-electron chi connectivity index (χ4n) is 3.36. The second-order valence-corrected chi connectivity index (χ2v) is 5.61. The molecule has 1 fully saturated rings. The monoisotopic (exact) mass is 259 g/mol. The first-order valence-corrected chi connectivity index (χ1v) is 7.22. The van der Waals surface area contributed by atoms with E-state index in [1.54, 1.807) is 7.11 Å². The molecule has 1 aliphatic carbocycles. The number of hydrogen-bond acceptors (Lipinski definition) is 3. The number of ketones is 1. The number of likely N-dealkylation sites (tertiary alicyclic amines) is 1. The van der Waals surface area contributed by atoms with E-state index in [1.165, 1.54) is 19.3 Å². The molecule has 0 aromatic heterocycles. The number of Topliss-reactive ketones (excluding diaryl/α,β-unsaturated/α-hetero) is 1. The van der Waals surface area contributed by atoms with Crippen molar-refractivity contribution in [1.29, 1.82) is 0 Å². The van der Waals surface area contributed by atoms with Gasteiger partial charge in [-0.3, -0.25) is 4.79 Å². The molecule has 1 heterocycles. The Hall–Kier alpha value is -1.35. The highest BCUT2D eigenvalue weighted by Crippen LogP contribution is 2.34. The van der Waals surface area contributed by atoms with E-state index in [9.17, 15) is 4.79 Å². The minimum Gasteiger partial charge on any atom is -0.496 e. The van der Waals surface area contributed by atoms with Crippen LogP contribution in [0.1, 0.15) is 35.2 Å². The standard InChI is InChI=1S/C16H21NO2/c1-19-15-7-5-6-13-14(15)10-12(16(13)18)11-17-8-3-2-4-9-17/h5-7,12H,2-4,8-11H2,1H3. The fraction of sp³-hybridized carbons (Fsp3) is 0.562. The SMILES string of the molecule is COc1cccc2c1CC(CN1CCCCC1)C2=O. The minimum absolute atomic E-state index is 0.129. The van der Waals surface area contributed by atoms with Crippen LogP contribution in [0, 0.1) is 5.92 Å². The van der Waals surface area contributed by atoms with Crippen LogP contribution in [0.5, 0.6) is 5.75 Å². The van der Waals surface area contributed by atoms with Gasteiger partial charge in [0.2, 0.25) is 0 Å². The van der Waals surface area contributed by atoms with Crippen LogP contribution in [0.4, 0.5) is 0 Å². The van der Waals surface area contributed by atoms with Gasteiger partial charge in [0.1, 0.15) is 5.75 Å². The van der Waals surface area contributed by atoms with Gasteiger partial charge in [-0.2, -0.15) is 0 Å². The number of fused-ring (bicyclic) bond motifs is 1. The molecule has 2 aliphatic rings. The van der Waals surface area contributed by atoms with Crippen molar-refractivity contribution in [3.8, 4) is 5.75 Å². The highest BCUT2D eigenvalue weighted by Gasteiger charge is 2.33. The van der Waals surface area contributed by atoms with Gasteiger partial charge in [0.25, 0.3) is 0 Å². The normalized spacial score (nSPS) is 23.4. The van der Waals surface area contributed by atoms with Gasteiger partial charge in [0.05, 0.1) is 7.11 Å². The Morgan fingerprint density at radius 1 is 1.26 bits per heavy atom. The topological polar surface area (TPSA) is 29.5 Å². The van der Waals surface area contributed by atoms with E-state index in [2.05, 4.69) is 4.90 Å². The molecule has 1 aliphatic heterocycles. The van der Waals surface area contributed by atoms with E-state index >= 15 is 0 Å². The van der Waals surface area contributed by atoms with Crippen LogP contribution in [-0.2, 0) is 6.42 Å². The number of methoxy groups -OCH3 is 1. The summed E-state index contributed by atoms with van der Waals surface area (Å²) in [7, 11) is 1.68. The summed E-state index contributed by atoms with van der Waals surface area (Å²) < 4.78 is 5.38. The summed E-state index contributed by atoms with van der Waals surface area (Å²) >= 11 is 0. The van der Waals surface area contributed by atoms with Crippen LogP contribution >= 0.6 is 0 Å². The molecule has 3 nitrogen and oxygen atoms in total. The molecule has 0 bridgehead atoms. The van der Waals surface area contributed by atoms with Crippen LogP contribution in [0.25, 0.3) is 0 Å². The summed E-state index contributed by atoms with van der Waals surface area (Å²) in [4.78, 5) is 14.9. The molecule has 0 amide bonds. The number of hydrogen-bond donors (Lipinski definition) is 0. The van der Waals surface area contributed by atoms with E-state index in [1.807, 2.05) is 18.2 Å². The maximum Gasteiger partial charge on any atom is 0.167 e. The Balaban J connectivity index is 1.75. The number of benzene rings is 1. The van der Waals surface area contributed by atoms with Gasteiger partial charge >= 0.3 is 0 Å². The Bertz CT molecular complexity index is 478. The van der Waals surface area contributed by atoms with Crippen molar-refractivity contribution in [2.45, 2.75) is 25.7 Å². The van der Waals surface area contributed by atoms with E-state index in [4.69, 9.17) is 4.74 Å². The van der Waals surface area contributed by atoms with Gasteiger partial charge in [-0.05, 0) is 38.4 Å². The first-order chi connectivity index (χ1) is 9.29. The third-order valence-electron chi connectivity index (χ3n) is 4.37. The minimum atomic E-state index is 0.129. The Labute approximate surface area is 114 Å². The third-order valence-corrected chi connectivity index (χ3v) is 4.37. The second kappa shape index (κ2) is 5.33. The lowest BCUT2D eigenvalue weighted by Crippen LogP contribution is -2.36. The molecule has 1 saturated heterocycles. The fourth-order valence-corrected chi connectivity index (χ4v) is 3.36. The molecular weight excluding hydrogens is 238 g/mol. The van der Waals surface area contributed by atoms with Gasteiger partial charge in [0.15, 0.2) is 5.78 Å². The van der Waals surface area contributed by atoms with E-state index in [0.717, 1.165) is 42.9 Å². The zero-order valence-electron chi connectivity index (χ0n) is 11.5. The Morgan fingerprint density at radius 3 is 2.79 bits per heavy atom. The number of carbonyl (C=O) groups is 1. The number of piperidine rings is 1. The number of rotatable bonds is 3. The molecule has 0 saturated carbocycles. The molecule has 1 aromatic carbocycles. The van der Waals surface area contributed by atoms with Crippen molar-refractivity contribution in [1.82, 2.24) is 4.90 Å². The van der Waals surface area contributed by atoms with Crippen LogP contribution in [0.3, 0.4) is 0 Å². The predicted molar refractivity (Wildman–Crippen MR) is 74.8 cm³/mol. The lowest BCUT2D eigenvalue weighted by Gasteiger charge is -2.28. The lowest BCUT2D eigenvalue weighted by molar-refractivity contribution is 0.0889. The molecule has 1 aromatic rings. The van der Waals surface area contributed by atoms with Gasteiger partial charge < -0.3 is 9.64 Å². The summed E-state index contributed by atoms with van der Waals surface area (Å²) in [6, 6.07) is 5.81. The van der Waals surface area contributed by atoms with Gasteiger partial charge in [-0.15, -0.1) is 0 Å². The number of nitrogens with zero attached hydrogens (tertiary/aromatic N) is 1. The molecule has 1 atom stereocenters. The Kier molecular flexibility index (Phi) is 3.56. The zero-order valence-corrected chi connectivity index (χ0v) is 11.5. The van der Waals surface area contributed by atoms with E-state index in [0.29, 0.717) is 5.78 Å². The third kappa shape index (κ3) is 2.39. The largest absolute Gasteiger partial charge is 0.496 e. The highest BCUT2D eigenvalue weighted by molar-refractivity contribution is 6.03. The van der Waals surface area contributed by atoms with Crippen molar-refractivity contribution in [3.05, 3.63) is 29.3 Å². The van der Waals surface area contributed by atoms with Gasteiger partial charge in [-0.25, -0.2) is 0 Å². The molecule has 3 rings (SSSR count). The van der Waals surface area contributed by atoms with Crippen molar-refractivity contribution >= 4 is 5.78 Å². The highest BCUT2D eigenvalue weighted by atomic mass is 16.5. The summed E-state index contributed by atoms with van der Waals surface area (Å²) in [6.07, 6.45) is 4.73. The molecule has 0 N–H and O–H groups in total. The number of ether oxygens (including phenoxy) is 1. The first-order valence-electron chi connectivity index (χ1n) is 7.22. The summed E-state index contributed by atoms with van der Waals surface area (Å²) in [5, 5.41) is 0. The number of carbonyl (C=O) groups excluding carboxylic acids is 1. The smallest absolute Gasteiger partial charge is 0.167 e. The summed E-state index contributed by atoms with van der Waals surface area (Å²) in [5.41, 5.74) is 1.98. The molecule has 102 valence electrons. The quantitative estimate of drug-likeness (QED) is 0.835. The van der Waals surface area contributed by atoms with Crippen molar-refractivity contribution in [3.63, 3.8) is 0 Å². The molecule has 19 heavy (non-hydrogen) atoms. The Morgan fingerprint density at radius 2 is 2.05 bits per heavy atom. The van der Waals surface area contributed by atoms with E-state index < -0.39 is 0 Å². The van der Waals surface area contributed by atoms with Crippen molar-refractivity contribution in [2.24, 2.45) is 5.92 Å². The van der Waals surface area contributed by atoms with Gasteiger partial charge in [0, 0.05) is 23.6 Å². The van der Waals surface area contributed by atoms with E-state index in [-0.39, 0.29) is 5.92 Å². The molecule has 3 heteroatoms. The average molecular weight is 259 g/mol. The van der Waals surface area contributed by atoms with Crippen LogP contribution in [0.2, 0.25) is 0 Å². The second-order valence-electron chi connectivity index (χ2n) is 5.61. The zero-order chi connectivity index (χ0) is 13.2. The molecule has 0 radical (unpaired) electrons. The summed E-state index contributed by atoms with van der Waals surface area (Å²) in [6.45, 7) is 3.21. The first kappa shape index (κ1) is 12.7. The lowest BCUT2D eigenvalue weighted by atomic mass is 10.0. The molecule has 0 spiro atoms. The van der Waals surface area contributed by atoms with Crippen LogP contribution in [-0.4, -0.2) is 37.4 Å². The maximum atomic E-state index is 12.5. The predicted octanol–water partition coefficient (Wildman–Crippen LogP) is 2.54. The van der Waals surface area contributed by atoms with Crippen LogP contribution < -0.4 is 4.74 Å². The van der Waals surface area contributed by atoms with Crippen molar-refractivity contribution < 1.29 is 9.53 Å². The molecular formula is C16H21NO2. The van der Waals surface area contributed by atoms with Crippen molar-refractivity contribution in [2.75, 3.05) is 26.7 Å². The summed E-state index contributed by atoms with van der Waals surface area (Å²) in [5.74, 6) is 1.30. The average Bonchev–Trinajstić information content (AvgIpc) is 2.77. The van der Waals surface area contributed by atoms with Gasteiger partial charge in [-0.1, -0.05) is 18.6 Å².